The van der Waals surface area contributed by atoms with E-state index in [1.54, 1.807) is 0 Å². The van der Waals surface area contributed by atoms with E-state index in [9.17, 15) is 17.7 Å². The van der Waals surface area contributed by atoms with Gasteiger partial charge >= 0.3 is 12.9 Å². The van der Waals surface area contributed by atoms with Crippen LogP contribution in [0.15, 0.2) is 18.2 Å². The molecule has 15 heavy (non-hydrogen) atoms. The summed E-state index contributed by atoms with van der Waals surface area (Å²) in [6.07, 6.45) is 0. The number of benzene rings is 1. The average molecular weight is 237 g/mol. The van der Waals surface area contributed by atoms with Gasteiger partial charge in [-0.05, 0) is 6.07 Å². The number of rotatable bonds is 2. The van der Waals surface area contributed by atoms with Crippen molar-refractivity contribution in [3.05, 3.63) is 28.8 Å². The number of esters is 1. The van der Waals surface area contributed by atoms with Crippen LogP contribution in [0.5, 0.6) is 0 Å². The first-order valence-corrected chi connectivity index (χ1v) is 4.31. The van der Waals surface area contributed by atoms with E-state index in [0.717, 1.165) is 25.3 Å². The second-order valence-corrected chi connectivity index (χ2v) is 3.28. The molecule has 0 aliphatic heterocycles. The van der Waals surface area contributed by atoms with Crippen LogP contribution in [0.4, 0.5) is 12.9 Å². The van der Waals surface area contributed by atoms with Gasteiger partial charge in [0.1, 0.15) is 0 Å². The number of carbonyl (C=O) groups is 1. The molecule has 0 aliphatic carbocycles. The van der Waals surface area contributed by atoms with Gasteiger partial charge in [0, 0.05) is 5.02 Å². The third kappa shape index (κ3) is 2.89. The van der Waals surface area contributed by atoms with Crippen molar-refractivity contribution in [1.29, 1.82) is 0 Å². The van der Waals surface area contributed by atoms with Crippen LogP contribution in [-0.2, 0) is 4.74 Å². The highest BCUT2D eigenvalue weighted by Gasteiger charge is 2.26. The summed E-state index contributed by atoms with van der Waals surface area (Å²) >= 11 is 5.46. The van der Waals surface area contributed by atoms with Gasteiger partial charge in [-0.25, -0.2) is 4.79 Å². The average Bonchev–Trinajstić information content (AvgIpc) is 2.14. The Hall–Kier alpha value is -1.17. The lowest BCUT2D eigenvalue weighted by Crippen LogP contribution is -2.34. The lowest BCUT2D eigenvalue weighted by atomic mass is 9.79. The van der Waals surface area contributed by atoms with Crippen molar-refractivity contribution in [3.8, 4) is 0 Å². The molecule has 0 saturated heterocycles. The molecule has 0 atom stereocenters. The third-order valence-corrected chi connectivity index (χ3v) is 1.94. The standard InChI is InChI=1S/C8H6BClF3O2/c1-15-8(14)5-2-6(9(11,12)13)4-7(10)3-5/h2-4H,1H3/q-1. The first-order valence-electron chi connectivity index (χ1n) is 3.93. The fourth-order valence-corrected chi connectivity index (χ4v) is 1.28. The van der Waals surface area contributed by atoms with Crippen LogP contribution in [-0.4, -0.2) is 20.1 Å². The monoisotopic (exact) mass is 237 g/mol. The summed E-state index contributed by atoms with van der Waals surface area (Å²) in [5, 5.41) is -0.146. The lowest BCUT2D eigenvalue weighted by Gasteiger charge is -2.15. The van der Waals surface area contributed by atoms with Gasteiger partial charge in [0.05, 0.1) is 12.7 Å². The van der Waals surface area contributed by atoms with Crippen LogP contribution >= 0.6 is 11.6 Å². The first kappa shape index (κ1) is 11.9. The molecule has 0 N–H and O–H groups in total. The Labute approximate surface area is 89.0 Å². The minimum absolute atomic E-state index is 0.146. The van der Waals surface area contributed by atoms with E-state index < -0.39 is 18.4 Å². The van der Waals surface area contributed by atoms with Crippen molar-refractivity contribution >= 4 is 30.0 Å². The molecule has 0 aliphatic rings. The van der Waals surface area contributed by atoms with Gasteiger partial charge in [0.2, 0.25) is 0 Å². The molecule has 0 fully saturated rings. The zero-order valence-electron chi connectivity index (χ0n) is 7.64. The summed E-state index contributed by atoms with van der Waals surface area (Å²) in [5.41, 5.74) is -1.12. The Morgan fingerprint density at radius 1 is 1.33 bits per heavy atom. The number of hydrogen-bond acceptors (Lipinski definition) is 2. The molecule has 0 amide bonds. The molecule has 7 heteroatoms. The Kier molecular flexibility index (Phi) is 3.29. The van der Waals surface area contributed by atoms with Gasteiger partial charge < -0.3 is 17.7 Å². The molecule has 0 saturated carbocycles. The quantitative estimate of drug-likeness (QED) is 0.582. The second-order valence-electron chi connectivity index (χ2n) is 2.84. The van der Waals surface area contributed by atoms with Gasteiger partial charge in [-0.1, -0.05) is 23.7 Å². The summed E-state index contributed by atoms with van der Waals surface area (Å²) in [6.45, 7) is -5.17. The van der Waals surface area contributed by atoms with E-state index in [4.69, 9.17) is 11.6 Å². The van der Waals surface area contributed by atoms with Crippen LogP contribution in [0, 0.1) is 0 Å². The largest absolute Gasteiger partial charge is 0.509 e. The molecule has 0 bridgehead atoms. The Morgan fingerprint density at radius 2 is 1.93 bits per heavy atom. The summed E-state index contributed by atoms with van der Waals surface area (Å²) in [5.74, 6) is -0.848. The summed E-state index contributed by atoms with van der Waals surface area (Å²) in [6, 6.07) is 2.62. The summed E-state index contributed by atoms with van der Waals surface area (Å²) < 4.78 is 41.4. The molecule has 0 unspecified atom stereocenters. The van der Waals surface area contributed by atoms with E-state index >= 15 is 0 Å². The number of ether oxygens (including phenoxy) is 1. The van der Waals surface area contributed by atoms with Gasteiger partial charge in [-0.15, -0.1) is 5.46 Å². The maximum Gasteiger partial charge on any atom is 0.509 e. The van der Waals surface area contributed by atoms with E-state index in [2.05, 4.69) is 4.74 Å². The Morgan fingerprint density at radius 3 is 2.40 bits per heavy atom. The molecule has 0 heterocycles. The lowest BCUT2D eigenvalue weighted by molar-refractivity contribution is 0.0601. The van der Waals surface area contributed by atoms with Crippen molar-refractivity contribution in [2.75, 3.05) is 7.11 Å². The zero-order chi connectivity index (χ0) is 11.6. The van der Waals surface area contributed by atoms with Crippen molar-refractivity contribution in [1.82, 2.24) is 0 Å². The van der Waals surface area contributed by atoms with Crippen molar-refractivity contribution in [2.24, 2.45) is 0 Å². The minimum atomic E-state index is -5.17. The molecule has 1 aromatic rings. The molecule has 1 aromatic carbocycles. The van der Waals surface area contributed by atoms with Crippen LogP contribution in [0.25, 0.3) is 0 Å². The van der Waals surface area contributed by atoms with Gasteiger partial charge in [0.15, 0.2) is 0 Å². The fourth-order valence-electron chi connectivity index (χ4n) is 1.04. The molecule has 1 rings (SSSR count). The molecular weight excluding hydrogens is 231 g/mol. The smallest absolute Gasteiger partial charge is 0.465 e. The van der Waals surface area contributed by atoms with Crippen molar-refractivity contribution in [2.45, 2.75) is 0 Å². The second kappa shape index (κ2) is 4.14. The van der Waals surface area contributed by atoms with Crippen molar-refractivity contribution in [3.63, 3.8) is 0 Å². The van der Waals surface area contributed by atoms with Crippen LogP contribution in [0.1, 0.15) is 10.4 Å². The van der Waals surface area contributed by atoms with Gasteiger partial charge in [-0.2, -0.15) is 0 Å². The third-order valence-electron chi connectivity index (χ3n) is 1.72. The normalized spacial score (nSPS) is 11.3. The molecule has 0 radical (unpaired) electrons. The highest BCUT2D eigenvalue weighted by Crippen LogP contribution is 2.16. The Balaban J connectivity index is 3.23. The van der Waals surface area contributed by atoms with Gasteiger partial charge in [-0.3, -0.25) is 0 Å². The maximum absolute atomic E-state index is 12.4. The fraction of sp³-hybridized carbons (Fsp3) is 0.125. The molecule has 0 aromatic heterocycles. The predicted octanol–water partition coefficient (Wildman–Crippen LogP) is 2.18. The number of halogens is 4. The van der Waals surface area contributed by atoms with E-state index in [0.29, 0.717) is 0 Å². The van der Waals surface area contributed by atoms with Crippen LogP contribution in [0.3, 0.4) is 0 Å². The molecule has 2 nitrogen and oxygen atoms in total. The van der Waals surface area contributed by atoms with E-state index in [1.807, 2.05) is 0 Å². The highest BCUT2D eigenvalue weighted by atomic mass is 35.5. The van der Waals surface area contributed by atoms with Crippen molar-refractivity contribution < 1.29 is 22.5 Å². The zero-order valence-corrected chi connectivity index (χ0v) is 8.39. The summed E-state index contributed by atoms with van der Waals surface area (Å²) in [7, 11) is 1.08. The molecule has 0 spiro atoms. The van der Waals surface area contributed by atoms with Crippen LogP contribution < -0.4 is 5.46 Å². The van der Waals surface area contributed by atoms with Crippen LogP contribution in [0.2, 0.25) is 5.02 Å². The molecular formula is C8H6BClF3O2-. The number of carbonyl (C=O) groups excluding carboxylic acids is 1. The number of methoxy groups -OCH3 is 1. The Bertz CT molecular complexity index is 392. The number of hydrogen-bond donors (Lipinski definition) is 0. The highest BCUT2D eigenvalue weighted by molar-refractivity contribution is 6.73. The van der Waals surface area contributed by atoms with Gasteiger partial charge in [0.25, 0.3) is 0 Å². The first-order chi connectivity index (χ1) is 6.84. The maximum atomic E-state index is 12.4. The topological polar surface area (TPSA) is 26.3 Å². The predicted molar refractivity (Wildman–Crippen MR) is 51.5 cm³/mol. The SMILES string of the molecule is COC(=O)c1cc(Cl)cc([B-](F)(F)F)c1. The van der Waals surface area contributed by atoms with E-state index in [-0.39, 0.29) is 10.6 Å². The minimum Gasteiger partial charge on any atom is -0.465 e. The van der Waals surface area contributed by atoms with E-state index in [1.165, 1.54) is 0 Å². The molecule has 82 valence electrons. The summed E-state index contributed by atoms with van der Waals surface area (Å²) in [4.78, 5) is 11.0.